The molecule has 1 aromatic heterocycles. The van der Waals surface area contributed by atoms with Crippen LogP contribution in [-0.2, 0) is 6.42 Å². The number of anilines is 1. The van der Waals surface area contributed by atoms with Gasteiger partial charge >= 0.3 is 12.4 Å². The standard InChI is InChI=1S/C34H37F3N6O3S/c1-23(2)29-17-16-28(45-3)21-30(29)42-19-6-20-47-33(42)40-32(44)38-18-5-4-7-24-8-10-25(11-9-24)31-39-22-43(41-31)26-12-14-27(15-13-26)46-34(35,36)37/h8-17,21-23H,4-7,18-20H2,1-3H3,(H,38,44). The van der Waals surface area contributed by atoms with E-state index in [1.165, 1.54) is 40.8 Å². The molecule has 2 heterocycles. The average molecular weight is 667 g/mol. The zero-order valence-corrected chi connectivity index (χ0v) is 27.3. The lowest BCUT2D eigenvalue weighted by molar-refractivity contribution is -0.274. The quantitative estimate of drug-likeness (QED) is 0.162. The molecule has 1 fully saturated rings. The number of carbonyl (C=O) groups is 1. The van der Waals surface area contributed by atoms with E-state index in [1.807, 2.05) is 36.4 Å². The summed E-state index contributed by atoms with van der Waals surface area (Å²) in [7, 11) is 1.65. The molecule has 2 amide bonds. The number of hydrogen-bond donors (Lipinski definition) is 1. The lowest BCUT2D eigenvalue weighted by Crippen LogP contribution is -2.36. The summed E-state index contributed by atoms with van der Waals surface area (Å²) in [6.07, 6.45) is 0.307. The van der Waals surface area contributed by atoms with Gasteiger partial charge in [-0.25, -0.2) is 14.5 Å². The summed E-state index contributed by atoms with van der Waals surface area (Å²) in [4.78, 5) is 23.7. The van der Waals surface area contributed by atoms with E-state index >= 15 is 0 Å². The van der Waals surface area contributed by atoms with Gasteiger partial charge in [-0.1, -0.05) is 55.9 Å². The highest BCUT2D eigenvalue weighted by Crippen LogP contribution is 2.35. The number of unbranched alkanes of at least 4 members (excludes halogenated alkanes) is 1. The van der Waals surface area contributed by atoms with E-state index in [9.17, 15) is 18.0 Å². The molecule has 0 aliphatic carbocycles. The topological polar surface area (TPSA) is 93.9 Å². The zero-order valence-electron chi connectivity index (χ0n) is 26.5. The SMILES string of the molecule is COc1ccc(C(C)C)c(N2CCCSC2=NC(=O)NCCCCc2ccc(-c3ncn(-c4ccc(OC(F)(F)F)cc4)n3)cc2)c1. The van der Waals surface area contributed by atoms with Crippen LogP contribution in [-0.4, -0.2) is 58.3 Å². The van der Waals surface area contributed by atoms with Crippen molar-refractivity contribution in [3.63, 3.8) is 0 Å². The first-order valence-corrected chi connectivity index (χ1v) is 16.4. The van der Waals surface area contributed by atoms with Crippen molar-refractivity contribution < 1.29 is 27.4 Å². The van der Waals surface area contributed by atoms with Crippen molar-refractivity contribution >= 4 is 28.6 Å². The molecular formula is C34H37F3N6O3S. The van der Waals surface area contributed by atoms with Crippen molar-refractivity contribution in [2.45, 2.75) is 51.8 Å². The van der Waals surface area contributed by atoms with E-state index in [-0.39, 0.29) is 11.8 Å². The van der Waals surface area contributed by atoms with Crippen molar-refractivity contribution in [3.05, 3.63) is 84.2 Å². The number of thioether (sulfide) groups is 1. The van der Waals surface area contributed by atoms with Crippen molar-refractivity contribution in [3.8, 4) is 28.6 Å². The Balaban J connectivity index is 1.10. The molecular weight excluding hydrogens is 629 g/mol. The maximum Gasteiger partial charge on any atom is 0.573 e. The van der Waals surface area contributed by atoms with Gasteiger partial charge in [0.1, 0.15) is 17.8 Å². The number of amidine groups is 1. The van der Waals surface area contributed by atoms with Gasteiger partial charge in [0.2, 0.25) is 0 Å². The largest absolute Gasteiger partial charge is 0.573 e. The van der Waals surface area contributed by atoms with Gasteiger partial charge in [-0.2, -0.15) is 4.99 Å². The highest BCUT2D eigenvalue weighted by atomic mass is 32.2. The van der Waals surface area contributed by atoms with Gasteiger partial charge in [-0.3, -0.25) is 0 Å². The fourth-order valence-corrected chi connectivity index (χ4v) is 6.11. The maximum atomic E-state index is 12.8. The Morgan fingerprint density at radius 3 is 2.49 bits per heavy atom. The number of aromatic nitrogens is 3. The summed E-state index contributed by atoms with van der Waals surface area (Å²) in [6.45, 7) is 5.63. The molecule has 3 aromatic carbocycles. The number of hydrogen-bond acceptors (Lipinski definition) is 6. The zero-order chi connectivity index (χ0) is 33.4. The number of nitrogens with zero attached hydrogens (tertiary/aromatic N) is 5. The number of halogens is 3. The fourth-order valence-electron chi connectivity index (χ4n) is 5.16. The number of carbonyl (C=O) groups excluding carboxylic acids is 1. The third-order valence-corrected chi connectivity index (χ3v) is 8.61. The van der Waals surface area contributed by atoms with Gasteiger partial charge < -0.3 is 19.7 Å². The average Bonchev–Trinajstić information content (AvgIpc) is 3.55. The molecule has 1 aliphatic rings. The van der Waals surface area contributed by atoms with Crippen LogP contribution in [0.2, 0.25) is 0 Å². The maximum absolute atomic E-state index is 12.8. The predicted molar refractivity (Wildman–Crippen MR) is 179 cm³/mol. The molecule has 4 aromatic rings. The van der Waals surface area contributed by atoms with Crippen LogP contribution < -0.4 is 19.7 Å². The Bertz CT molecular complexity index is 1670. The third-order valence-electron chi connectivity index (χ3n) is 7.54. The van der Waals surface area contributed by atoms with Gasteiger partial charge in [-0.05, 0) is 73.1 Å². The first-order valence-electron chi connectivity index (χ1n) is 15.4. The smallest absolute Gasteiger partial charge is 0.497 e. The first-order chi connectivity index (χ1) is 22.6. The second kappa shape index (κ2) is 15.4. The molecule has 0 radical (unpaired) electrons. The normalized spacial score (nSPS) is 14.4. The molecule has 248 valence electrons. The lowest BCUT2D eigenvalue weighted by Gasteiger charge is -2.32. The molecule has 13 heteroatoms. The molecule has 9 nitrogen and oxygen atoms in total. The van der Waals surface area contributed by atoms with Crippen molar-refractivity contribution in [2.24, 2.45) is 4.99 Å². The minimum atomic E-state index is -4.74. The van der Waals surface area contributed by atoms with Crippen molar-refractivity contribution in [1.29, 1.82) is 0 Å². The molecule has 5 rings (SSSR count). The first kappa shape index (κ1) is 33.8. The van der Waals surface area contributed by atoms with Crippen LogP contribution >= 0.6 is 11.8 Å². The summed E-state index contributed by atoms with van der Waals surface area (Å²) in [5.41, 5.74) is 4.74. The van der Waals surface area contributed by atoms with Crippen molar-refractivity contribution in [2.75, 3.05) is 30.9 Å². The minimum Gasteiger partial charge on any atom is -0.497 e. The summed E-state index contributed by atoms with van der Waals surface area (Å²) in [5, 5.41) is 8.10. The second-order valence-electron chi connectivity index (χ2n) is 11.3. The van der Waals surface area contributed by atoms with E-state index in [0.717, 1.165) is 60.5 Å². The van der Waals surface area contributed by atoms with Crippen LogP contribution in [0.25, 0.3) is 17.1 Å². The Hall–Kier alpha value is -4.52. The Kier molecular flexibility index (Phi) is 11.1. The molecule has 1 saturated heterocycles. The molecule has 1 aliphatic heterocycles. The Labute approximate surface area is 276 Å². The van der Waals surface area contributed by atoms with Crippen LogP contribution in [0.15, 0.2) is 78.0 Å². The van der Waals surface area contributed by atoms with E-state index in [4.69, 9.17) is 4.74 Å². The highest BCUT2D eigenvalue weighted by Gasteiger charge is 2.31. The number of aliphatic imine (C=N–C) groups is 1. The van der Waals surface area contributed by atoms with Gasteiger partial charge in [0, 0.05) is 36.2 Å². The molecule has 0 bridgehead atoms. The van der Waals surface area contributed by atoms with Gasteiger partial charge in [0.05, 0.1) is 12.8 Å². The number of urea groups is 1. The monoisotopic (exact) mass is 666 g/mol. The summed E-state index contributed by atoms with van der Waals surface area (Å²) in [5.74, 6) is 2.20. The van der Waals surface area contributed by atoms with Crippen molar-refractivity contribution in [1.82, 2.24) is 20.1 Å². The number of nitrogens with one attached hydrogen (secondary N) is 1. The minimum absolute atomic E-state index is 0.302. The molecule has 47 heavy (non-hydrogen) atoms. The molecule has 0 unspecified atom stereocenters. The van der Waals surface area contributed by atoms with Crippen LogP contribution in [0.5, 0.6) is 11.5 Å². The lowest BCUT2D eigenvalue weighted by atomic mass is 10.00. The van der Waals surface area contributed by atoms with E-state index < -0.39 is 6.36 Å². The molecule has 0 atom stereocenters. The van der Waals surface area contributed by atoms with Crippen LogP contribution in [0.1, 0.15) is 50.2 Å². The number of methoxy groups -OCH3 is 1. The number of rotatable bonds is 11. The molecule has 1 N–H and O–H groups in total. The number of benzene rings is 3. The Morgan fingerprint density at radius 1 is 1.04 bits per heavy atom. The van der Waals surface area contributed by atoms with Gasteiger partial charge in [-0.15, -0.1) is 18.3 Å². The molecule has 0 spiro atoms. The Morgan fingerprint density at radius 2 is 1.79 bits per heavy atom. The summed E-state index contributed by atoms with van der Waals surface area (Å²) < 4.78 is 48.1. The molecule has 0 saturated carbocycles. The summed E-state index contributed by atoms with van der Waals surface area (Å²) in [6, 6.07) is 19.1. The van der Waals surface area contributed by atoms with E-state index in [0.29, 0.717) is 29.1 Å². The van der Waals surface area contributed by atoms with Gasteiger partial charge in [0.15, 0.2) is 11.0 Å². The van der Waals surface area contributed by atoms with Crippen LogP contribution in [0.3, 0.4) is 0 Å². The number of amides is 2. The second-order valence-corrected chi connectivity index (χ2v) is 12.3. The van der Waals surface area contributed by atoms with E-state index in [2.05, 4.69) is 49.9 Å². The fraction of sp³-hybridized carbons (Fsp3) is 0.353. The number of ether oxygens (including phenoxy) is 2. The van der Waals surface area contributed by atoms with E-state index in [1.54, 1.807) is 18.9 Å². The predicted octanol–water partition coefficient (Wildman–Crippen LogP) is 8.00. The highest BCUT2D eigenvalue weighted by molar-refractivity contribution is 8.14. The summed E-state index contributed by atoms with van der Waals surface area (Å²) >= 11 is 1.60. The van der Waals surface area contributed by atoms with Gasteiger partial charge in [0.25, 0.3) is 0 Å². The third kappa shape index (κ3) is 9.28. The van der Waals surface area contributed by atoms with Crippen LogP contribution in [0, 0.1) is 0 Å². The number of aryl methyl sites for hydroxylation is 1. The number of alkyl halides is 3. The van der Waals surface area contributed by atoms with Crippen LogP contribution in [0.4, 0.5) is 23.7 Å².